The number of benzene rings is 3. The minimum Gasteiger partial charge on any atom is -0.497 e. The van der Waals surface area contributed by atoms with Gasteiger partial charge in [0, 0.05) is 0 Å². The van der Waals surface area contributed by atoms with Gasteiger partial charge in [-0.05, 0) is 73.6 Å². The molecule has 1 amide bonds. The molecule has 3 aromatic rings. The van der Waals surface area contributed by atoms with Crippen LogP contribution in [0.5, 0.6) is 11.5 Å². The van der Waals surface area contributed by atoms with Crippen LogP contribution in [-0.4, -0.2) is 55.5 Å². The summed E-state index contributed by atoms with van der Waals surface area (Å²) < 4.78 is 38.4. The number of carbonyl (C=O) groups excluding carboxylic acids is 1. The Kier molecular flexibility index (Phi) is 9.73. The molecule has 0 spiro atoms. The quantitative estimate of drug-likeness (QED) is 0.350. The van der Waals surface area contributed by atoms with E-state index in [4.69, 9.17) is 14.3 Å². The van der Waals surface area contributed by atoms with Crippen molar-refractivity contribution in [2.75, 3.05) is 13.7 Å². The number of rotatable bonds is 11. The third kappa shape index (κ3) is 8.47. The third-order valence-corrected chi connectivity index (χ3v) is 7.00. The Bertz CT molecular complexity index is 1260. The maximum Gasteiger partial charge on any atom is 0.407 e. The zero-order chi connectivity index (χ0) is 27.8. The molecule has 0 aliphatic carbocycles. The fourth-order valence-electron chi connectivity index (χ4n) is 3.54. The van der Waals surface area contributed by atoms with E-state index >= 15 is 0 Å². The number of alkyl carbamates (subject to hydrolysis) is 1. The number of methoxy groups -OCH3 is 1. The van der Waals surface area contributed by atoms with E-state index in [2.05, 4.69) is 5.32 Å². The van der Waals surface area contributed by atoms with Crippen molar-refractivity contribution in [3.05, 3.63) is 90.5 Å². The molecule has 0 aromatic heterocycles. The van der Waals surface area contributed by atoms with Crippen LogP contribution in [0.15, 0.2) is 89.8 Å². The average Bonchev–Trinajstić information content (AvgIpc) is 2.88. The Balaban J connectivity index is 1.91. The van der Waals surface area contributed by atoms with E-state index in [1.165, 1.54) is 31.4 Å². The highest BCUT2D eigenvalue weighted by atomic mass is 32.2. The maximum atomic E-state index is 13.6. The number of ether oxygens (including phenoxy) is 2. The van der Waals surface area contributed by atoms with E-state index in [9.17, 15) is 18.3 Å². The Hall–Kier alpha value is -3.60. The number of para-hydroxylation sites is 1. The Morgan fingerprint density at radius 1 is 0.921 bits per heavy atom. The van der Waals surface area contributed by atoms with Crippen LogP contribution in [-0.2, 0) is 21.2 Å². The molecule has 0 aliphatic rings. The van der Waals surface area contributed by atoms with Gasteiger partial charge >= 0.3 is 6.09 Å². The van der Waals surface area contributed by atoms with Crippen molar-refractivity contribution in [2.24, 2.45) is 0 Å². The maximum absolute atomic E-state index is 13.6. The monoisotopic (exact) mass is 542 g/mol. The lowest BCUT2D eigenvalue weighted by Gasteiger charge is -2.30. The lowest BCUT2D eigenvalue weighted by Crippen LogP contribution is -2.52. The molecule has 0 saturated heterocycles. The highest BCUT2D eigenvalue weighted by molar-refractivity contribution is 7.89. The minimum absolute atomic E-state index is 0.0545. The van der Waals surface area contributed by atoms with E-state index in [0.29, 0.717) is 5.75 Å². The van der Waals surface area contributed by atoms with E-state index in [-0.39, 0.29) is 17.1 Å². The first kappa shape index (κ1) is 29.0. The summed E-state index contributed by atoms with van der Waals surface area (Å²) in [5.74, 6) is 0.750. The first-order chi connectivity index (χ1) is 18.0. The van der Waals surface area contributed by atoms with Crippen LogP contribution in [0, 0.1) is 0 Å². The van der Waals surface area contributed by atoms with Crippen molar-refractivity contribution >= 4 is 16.1 Å². The Morgan fingerprint density at radius 3 is 2.05 bits per heavy atom. The van der Waals surface area contributed by atoms with Gasteiger partial charge in [0.2, 0.25) is 0 Å². The number of nitrogens with zero attached hydrogens (tertiary/aromatic N) is 1. The molecule has 10 heteroatoms. The minimum atomic E-state index is -4.23. The molecule has 0 saturated carbocycles. The van der Waals surface area contributed by atoms with Gasteiger partial charge in [0.25, 0.3) is 10.0 Å². The second kappa shape index (κ2) is 12.8. The number of hydrogen-bond donors (Lipinski definition) is 2. The Labute approximate surface area is 224 Å². The van der Waals surface area contributed by atoms with E-state index in [0.717, 1.165) is 10.0 Å². The standard InChI is InChI=1S/C28H34N2O7S/c1-28(2,3)36-27(32)29-25(19-21-11-7-5-8-12-21)26(31)20-30(37-23-13-9-6-10-14-23)38(33,34)24-17-15-22(35-4)16-18-24/h5-18,25-26,31H,19-20H2,1-4H3,(H,29,32)/t25-,26-/m0/s1. The number of nitrogens with one attached hydrogen (secondary N) is 1. The molecule has 0 aliphatic heterocycles. The molecular weight excluding hydrogens is 508 g/mol. The molecule has 204 valence electrons. The first-order valence-electron chi connectivity index (χ1n) is 12.1. The highest BCUT2D eigenvalue weighted by Crippen LogP contribution is 2.23. The molecule has 3 rings (SSSR count). The summed E-state index contributed by atoms with van der Waals surface area (Å²) in [7, 11) is -2.75. The van der Waals surface area contributed by atoms with E-state index in [1.807, 2.05) is 30.3 Å². The molecule has 0 fully saturated rings. The van der Waals surface area contributed by atoms with Gasteiger partial charge in [-0.25, -0.2) is 13.2 Å². The van der Waals surface area contributed by atoms with Crippen molar-refractivity contribution in [3.63, 3.8) is 0 Å². The number of carbonyl (C=O) groups is 1. The molecule has 0 radical (unpaired) electrons. The number of aliphatic hydroxyl groups excluding tert-OH is 1. The summed E-state index contributed by atoms with van der Waals surface area (Å²) in [5.41, 5.74) is 0.0769. The lowest BCUT2D eigenvalue weighted by molar-refractivity contribution is -0.0165. The van der Waals surface area contributed by atoms with Crippen molar-refractivity contribution in [3.8, 4) is 11.5 Å². The number of aliphatic hydroxyl groups is 1. The predicted octanol–water partition coefficient (Wildman–Crippen LogP) is 4.18. The Morgan fingerprint density at radius 2 is 1.50 bits per heavy atom. The van der Waals surface area contributed by atoms with Crippen molar-refractivity contribution in [1.82, 2.24) is 9.79 Å². The summed E-state index contributed by atoms with van der Waals surface area (Å²) in [6, 6.07) is 22.5. The second-order valence-electron chi connectivity index (χ2n) is 9.58. The first-order valence-corrected chi connectivity index (χ1v) is 13.5. The lowest BCUT2D eigenvalue weighted by atomic mass is 10.0. The van der Waals surface area contributed by atoms with Gasteiger partial charge in [-0.2, -0.15) is 0 Å². The molecule has 3 aromatic carbocycles. The zero-order valence-electron chi connectivity index (χ0n) is 21.9. The number of hydroxylamine groups is 1. The zero-order valence-corrected chi connectivity index (χ0v) is 22.7. The summed E-state index contributed by atoms with van der Waals surface area (Å²) in [4.78, 5) is 18.3. The van der Waals surface area contributed by atoms with Gasteiger partial charge < -0.3 is 24.7 Å². The van der Waals surface area contributed by atoms with Gasteiger partial charge in [-0.1, -0.05) is 48.5 Å². The molecule has 2 atom stereocenters. The normalized spacial score (nSPS) is 13.4. The van der Waals surface area contributed by atoms with Gasteiger partial charge in [0.05, 0.1) is 30.7 Å². The third-order valence-electron chi connectivity index (χ3n) is 5.38. The highest BCUT2D eigenvalue weighted by Gasteiger charge is 2.33. The van der Waals surface area contributed by atoms with Crippen LogP contribution < -0.4 is 14.9 Å². The fourth-order valence-corrected chi connectivity index (χ4v) is 4.79. The molecular formula is C28H34N2O7S. The van der Waals surface area contributed by atoms with E-state index < -0.39 is 40.4 Å². The molecule has 0 heterocycles. The average molecular weight is 543 g/mol. The molecule has 0 bridgehead atoms. The van der Waals surface area contributed by atoms with Crippen LogP contribution in [0.2, 0.25) is 0 Å². The van der Waals surface area contributed by atoms with Crippen LogP contribution in [0.1, 0.15) is 26.3 Å². The summed E-state index contributed by atoms with van der Waals surface area (Å²) >= 11 is 0. The molecule has 0 unspecified atom stereocenters. The van der Waals surface area contributed by atoms with Crippen LogP contribution in [0.4, 0.5) is 4.79 Å². The van der Waals surface area contributed by atoms with Crippen molar-refractivity contribution in [1.29, 1.82) is 0 Å². The molecule has 38 heavy (non-hydrogen) atoms. The molecule has 9 nitrogen and oxygen atoms in total. The summed E-state index contributed by atoms with van der Waals surface area (Å²) in [6.07, 6.45) is -1.87. The van der Waals surface area contributed by atoms with Gasteiger partial charge in [-0.3, -0.25) is 0 Å². The van der Waals surface area contributed by atoms with Crippen molar-refractivity contribution in [2.45, 2.75) is 49.8 Å². The van der Waals surface area contributed by atoms with Crippen molar-refractivity contribution < 1.29 is 32.6 Å². The fraction of sp³-hybridized carbons (Fsp3) is 0.321. The summed E-state index contributed by atoms with van der Waals surface area (Å²) in [5, 5.41) is 14.0. The van der Waals surface area contributed by atoms with Gasteiger partial charge in [-0.15, -0.1) is 0 Å². The van der Waals surface area contributed by atoms with Crippen LogP contribution in [0.3, 0.4) is 0 Å². The van der Waals surface area contributed by atoms with E-state index in [1.54, 1.807) is 51.1 Å². The largest absolute Gasteiger partial charge is 0.497 e. The number of hydrogen-bond acceptors (Lipinski definition) is 7. The van der Waals surface area contributed by atoms with Gasteiger partial charge in [0.15, 0.2) is 0 Å². The van der Waals surface area contributed by atoms with Crippen LogP contribution >= 0.6 is 0 Å². The second-order valence-corrected chi connectivity index (χ2v) is 11.4. The summed E-state index contributed by atoms with van der Waals surface area (Å²) in [6.45, 7) is 4.71. The molecule has 2 N–H and O–H groups in total. The number of amides is 1. The number of sulfonamides is 1. The van der Waals surface area contributed by atoms with Gasteiger partial charge in [0.1, 0.15) is 17.1 Å². The predicted molar refractivity (Wildman–Crippen MR) is 143 cm³/mol. The smallest absolute Gasteiger partial charge is 0.407 e. The SMILES string of the molecule is COc1ccc(S(=O)(=O)N(C[C@H](O)[C@H](Cc2ccccc2)NC(=O)OC(C)(C)C)Oc2ccccc2)cc1. The van der Waals surface area contributed by atoms with Crippen LogP contribution in [0.25, 0.3) is 0 Å². The topological polar surface area (TPSA) is 114 Å².